The summed E-state index contributed by atoms with van der Waals surface area (Å²) >= 11 is 7.71. The number of aliphatic imine (C=N–C) groups is 1. The van der Waals surface area contributed by atoms with E-state index in [1.165, 1.54) is 27.5 Å². The van der Waals surface area contributed by atoms with Gasteiger partial charge >= 0.3 is 0 Å². The normalized spacial score (nSPS) is 23.7. The molecular weight excluding hydrogens is 638 g/mol. The van der Waals surface area contributed by atoms with Crippen LogP contribution in [0.4, 0.5) is 5.13 Å². The van der Waals surface area contributed by atoms with E-state index in [-0.39, 0.29) is 30.8 Å². The van der Waals surface area contributed by atoms with Gasteiger partial charge in [-0.1, -0.05) is 56.7 Å². The van der Waals surface area contributed by atoms with Crippen molar-refractivity contribution in [3.8, 4) is 11.6 Å². The topological polar surface area (TPSA) is 135 Å². The molecule has 4 bridgehead atoms. The molecule has 5 aliphatic rings. The molecule has 5 heterocycles. The van der Waals surface area contributed by atoms with E-state index in [0.29, 0.717) is 27.2 Å². The van der Waals surface area contributed by atoms with Crippen LogP contribution in [0.2, 0.25) is 5.02 Å². The highest BCUT2D eigenvalue weighted by molar-refractivity contribution is 7.13. The first-order chi connectivity index (χ1) is 22.4. The van der Waals surface area contributed by atoms with Crippen LogP contribution in [-0.2, 0) is 9.59 Å². The van der Waals surface area contributed by atoms with Crippen LogP contribution in [0.5, 0.6) is 11.6 Å². The molecule has 3 aliphatic heterocycles. The van der Waals surface area contributed by atoms with Gasteiger partial charge in [0.25, 0.3) is 0 Å². The van der Waals surface area contributed by atoms with Gasteiger partial charge < -0.3 is 30.3 Å². The van der Waals surface area contributed by atoms with E-state index in [4.69, 9.17) is 36.8 Å². The van der Waals surface area contributed by atoms with Crippen molar-refractivity contribution in [2.75, 3.05) is 26.0 Å². The second kappa shape index (κ2) is 11.7. The first-order valence-electron chi connectivity index (χ1n) is 15.5. The third kappa shape index (κ3) is 5.42. The average molecular weight is 674 g/mol. The highest BCUT2D eigenvalue weighted by atomic mass is 35.5. The fourth-order valence-corrected chi connectivity index (χ4v) is 7.70. The molecule has 2 aliphatic carbocycles. The second-order valence-electron chi connectivity index (χ2n) is 13.3. The van der Waals surface area contributed by atoms with Crippen molar-refractivity contribution in [2.45, 2.75) is 51.4 Å². The van der Waals surface area contributed by atoms with Crippen LogP contribution in [0.1, 0.15) is 32.9 Å². The van der Waals surface area contributed by atoms with Gasteiger partial charge in [0, 0.05) is 46.3 Å². The zero-order valence-corrected chi connectivity index (χ0v) is 28.3. The van der Waals surface area contributed by atoms with Crippen LogP contribution in [-0.4, -0.2) is 82.3 Å². The summed E-state index contributed by atoms with van der Waals surface area (Å²) in [5.41, 5.74) is 8.56. The predicted molar refractivity (Wildman–Crippen MR) is 183 cm³/mol. The number of halogens is 1. The standard InChI is InChI=1S/C34H36ClN7O4S/c1-34(2,3)28(40-33-38-23(16-47-33)30-39-26-20-8-6-7-9-21(26)27(20)41(30)4)32(44)42-15-18(13-24(42)29(36)43)46-31-22-12-17(35)10-11-19(22)25(45-5)14-37-31/h6-12,14,16,18,20,24,26,28H,13,15H2,1-5H3,(H2,36,43)(H,38,40)/t18-,20-,24+,26?,28-/m1/s1. The Balaban J connectivity index is 1.11. The van der Waals surface area contributed by atoms with E-state index >= 15 is 0 Å². The first kappa shape index (κ1) is 31.2. The van der Waals surface area contributed by atoms with E-state index in [9.17, 15) is 9.59 Å². The molecule has 47 heavy (non-hydrogen) atoms. The maximum absolute atomic E-state index is 14.3. The molecule has 244 valence electrons. The fourth-order valence-electron chi connectivity index (χ4n) is 6.81. The largest absolute Gasteiger partial charge is 0.494 e. The van der Waals surface area contributed by atoms with Crippen molar-refractivity contribution in [1.82, 2.24) is 19.8 Å². The minimum atomic E-state index is -0.850. The summed E-state index contributed by atoms with van der Waals surface area (Å²) in [6.07, 6.45) is 9.73. The number of amidine groups is 1. The third-order valence-corrected chi connectivity index (χ3v) is 10.2. The van der Waals surface area contributed by atoms with E-state index in [2.05, 4.69) is 39.5 Å². The molecule has 1 fully saturated rings. The minimum absolute atomic E-state index is 0.104. The highest BCUT2D eigenvalue weighted by Crippen LogP contribution is 2.46. The molecule has 13 heteroatoms. The maximum atomic E-state index is 14.3. The number of ether oxygens (including phenoxy) is 2. The van der Waals surface area contributed by atoms with E-state index in [0.717, 1.165) is 16.9 Å². The Kier molecular flexibility index (Phi) is 7.75. The summed E-state index contributed by atoms with van der Waals surface area (Å²) in [6, 6.07) is 3.91. The summed E-state index contributed by atoms with van der Waals surface area (Å²) in [5.74, 6) is 1.16. The van der Waals surface area contributed by atoms with Gasteiger partial charge in [-0.3, -0.25) is 14.6 Å². The minimum Gasteiger partial charge on any atom is -0.494 e. The van der Waals surface area contributed by atoms with Crippen LogP contribution in [0.3, 0.4) is 0 Å². The van der Waals surface area contributed by atoms with Crippen LogP contribution in [0.25, 0.3) is 10.8 Å². The number of allylic oxidation sites excluding steroid dienone is 2. The van der Waals surface area contributed by atoms with Crippen molar-refractivity contribution in [1.29, 1.82) is 0 Å². The van der Waals surface area contributed by atoms with Gasteiger partial charge in [-0.05, 0) is 29.2 Å². The summed E-state index contributed by atoms with van der Waals surface area (Å²) < 4.78 is 11.8. The lowest BCUT2D eigenvalue weighted by molar-refractivity contribution is -0.139. The average Bonchev–Trinajstić information content (AvgIpc) is 3.54. The third-order valence-electron chi connectivity index (χ3n) is 9.18. The summed E-state index contributed by atoms with van der Waals surface area (Å²) in [4.78, 5) is 44.9. The van der Waals surface area contributed by atoms with Crippen LogP contribution < -0.4 is 20.5 Å². The monoisotopic (exact) mass is 673 g/mol. The predicted octanol–water partition coefficient (Wildman–Crippen LogP) is 4.78. The van der Waals surface area contributed by atoms with E-state index < -0.39 is 29.5 Å². The van der Waals surface area contributed by atoms with E-state index in [1.807, 2.05) is 39.3 Å². The molecule has 11 nitrogen and oxygen atoms in total. The molecule has 2 amide bonds. The molecule has 0 radical (unpaired) electrons. The number of hydrogen-bond acceptors (Lipinski definition) is 10. The number of pyridine rings is 1. The van der Waals surface area contributed by atoms with Crippen LogP contribution >= 0.6 is 22.9 Å². The Morgan fingerprint density at radius 1 is 1.21 bits per heavy atom. The molecule has 3 aromatic rings. The lowest BCUT2D eigenvalue weighted by atomic mass is 9.75. The van der Waals surface area contributed by atoms with Crippen molar-refractivity contribution in [3.63, 3.8) is 0 Å². The Bertz CT molecular complexity index is 1910. The first-order valence-corrected chi connectivity index (χ1v) is 16.7. The van der Waals surface area contributed by atoms with E-state index in [1.54, 1.807) is 25.4 Å². The fraction of sp³-hybridized carbons (Fsp3) is 0.382. The maximum Gasteiger partial charge on any atom is 0.246 e. The number of hydrogen-bond donors (Lipinski definition) is 2. The SMILES string of the molecule is COc1cnc(O[C@@H]2C[C@@H](C(N)=O)N(C(=O)[C@@H](Nc3nc(C4=NC5C6=C([C@@H]5C=CC=C6)N4C)cs3)C(C)(C)C)C2)c2cc(Cl)ccc12. The van der Waals surface area contributed by atoms with Crippen LogP contribution in [0.15, 0.2) is 70.3 Å². The zero-order valence-electron chi connectivity index (χ0n) is 26.7. The number of aromatic nitrogens is 2. The second-order valence-corrected chi connectivity index (χ2v) is 14.5. The van der Waals surface area contributed by atoms with Gasteiger partial charge in [-0.2, -0.15) is 0 Å². The number of benzene rings is 1. The van der Waals surface area contributed by atoms with Gasteiger partial charge in [-0.25, -0.2) is 9.97 Å². The van der Waals surface area contributed by atoms with Gasteiger partial charge in [0.15, 0.2) is 11.0 Å². The molecule has 1 unspecified atom stereocenters. The number of nitrogens with two attached hydrogens (primary N) is 1. The van der Waals surface area contributed by atoms with Crippen molar-refractivity contribution in [2.24, 2.45) is 22.1 Å². The number of likely N-dealkylation sites (tertiary alicyclic amines) is 1. The number of nitrogens with one attached hydrogen (secondary N) is 1. The van der Waals surface area contributed by atoms with Crippen molar-refractivity contribution in [3.05, 3.63) is 76.1 Å². The lowest BCUT2D eigenvalue weighted by Gasteiger charge is -2.46. The Hall–Kier alpha value is -4.42. The van der Waals surface area contributed by atoms with Gasteiger partial charge in [0.05, 0.1) is 25.9 Å². The van der Waals surface area contributed by atoms with Crippen molar-refractivity contribution < 1.29 is 19.1 Å². The molecule has 3 N–H and O–H groups in total. The smallest absolute Gasteiger partial charge is 0.246 e. The highest BCUT2D eigenvalue weighted by Gasteiger charge is 2.47. The Labute approximate surface area is 281 Å². The van der Waals surface area contributed by atoms with Gasteiger partial charge in [-0.15, -0.1) is 11.3 Å². The Morgan fingerprint density at radius 2 is 2.02 bits per heavy atom. The number of anilines is 1. The Morgan fingerprint density at radius 3 is 2.74 bits per heavy atom. The number of carbonyl (C=O) groups is 2. The number of amides is 2. The summed E-state index contributed by atoms with van der Waals surface area (Å²) in [7, 11) is 3.59. The number of thiazole rings is 1. The molecule has 0 saturated carbocycles. The number of rotatable bonds is 8. The summed E-state index contributed by atoms with van der Waals surface area (Å²) in [5, 5.41) is 7.90. The number of primary amides is 1. The molecule has 0 spiro atoms. The van der Waals surface area contributed by atoms with Crippen molar-refractivity contribution >= 4 is 56.5 Å². The molecule has 1 saturated heterocycles. The number of carbonyl (C=O) groups excluding carboxylic acids is 2. The number of fused-ring (bicyclic) bond motifs is 2. The van der Waals surface area contributed by atoms with Gasteiger partial charge in [0.1, 0.15) is 29.6 Å². The zero-order chi connectivity index (χ0) is 33.2. The molecular formula is C34H36ClN7O4S. The van der Waals surface area contributed by atoms with Gasteiger partial charge in [0.2, 0.25) is 17.7 Å². The summed E-state index contributed by atoms with van der Waals surface area (Å²) in [6.45, 7) is 6.08. The molecule has 2 aromatic heterocycles. The lowest BCUT2D eigenvalue weighted by Crippen LogP contribution is -2.53. The number of nitrogens with zero attached hydrogens (tertiary/aromatic N) is 5. The molecule has 1 aromatic carbocycles. The number of methoxy groups -OCH3 is 1. The quantitative estimate of drug-likeness (QED) is 0.349. The molecule has 5 atom stereocenters. The van der Waals surface area contributed by atoms with Crippen LogP contribution in [0, 0.1) is 11.3 Å². The molecule has 8 rings (SSSR count).